The Morgan fingerprint density at radius 3 is 2.50 bits per heavy atom. The van der Waals surface area contributed by atoms with E-state index in [2.05, 4.69) is 21.2 Å². The molecule has 1 aromatic carbocycles. The van der Waals surface area contributed by atoms with Crippen LogP contribution in [0.4, 0.5) is 4.79 Å². The summed E-state index contributed by atoms with van der Waals surface area (Å²) in [6.45, 7) is 5.23. The molecule has 0 unspecified atom stereocenters. The molecule has 0 aliphatic heterocycles. The Hall–Kier alpha value is -1.27. The number of amides is 1. The zero-order valence-electron chi connectivity index (χ0n) is 12.7. The lowest BCUT2D eigenvalue weighted by Gasteiger charge is -2.23. The summed E-state index contributed by atoms with van der Waals surface area (Å²) in [5.74, 6) is -0.614. The monoisotopic (exact) mass is 391 g/mol. The summed E-state index contributed by atoms with van der Waals surface area (Å²) < 4.78 is 10.8. The standard InChI is InChI=1S/C15H19BrClNO4/c1-15(2,3)22-14(20)18-12(13(19)21-9-17)8-10-6-4-5-7-11(10)16/h4-7,12H,8-9H2,1-3H3,(H,18,20)/t12-/m1/s1. The Labute approximate surface area is 143 Å². The van der Waals surface area contributed by atoms with E-state index in [1.165, 1.54) is 0 Å². The van der Waals surface area contributed by atoms with Crippen molar-refractivity contribution >= 4 is 39.6 Å². The average molecular weight is 393 g/mol. The van der Waals surface area contributed by atoms with Gasteiger partial charge in [-0.25, -0.2) is 9.59 Å². The summed E-state index contributed by atoms with van der Waals surface area (Å²) in [7, 11) is 0. The molecule has 0 bridgehead atoms. The van der Waals surface area contributed by atoms with Gasteiger partial charge >= 0.3 is 12.1 Å². The fraction of sp³-hybridized carbons (Fsp3) is 0.467. The number of esters is 1. The Morgan fingerprint density at radius 1 is 1.32 bits per heavy atom. The van der Waals surface area contributed by atoms with Gasteiger partial charge in [-0.1, -0.05) is 45.7 Å². The van der Waals surface area contributed by atoms with Gasteiger partial charge in [-0.05, 0) is 32.4 Å². The minimum atomic E-state index is -0.882. The van der Waals surface area contributed by atoms with Crippen LogP contribution < -0.4 is 5.32 Å². The molecule has 122 valence electrons. The summed E-state index contributed by atoms with van der Waals surface area (Å²) in [5, 5.41) is 2.52. The smallest absolute Gasteiger partial charge is 0.408 e. The molecule has 0 saturated carbocycles. The van der Waals surface area contributed by atoms with E-state index in [-0.39, 0.29) is 12.5 Å². The van der Waals surface area contributed by atoms with Crippen LogP contribution in [0.1, 0.15) is 26.3 Å². The molecule has 1 N–H and O–H groups in total. The van der Waals surface area contributed by atoms with Crippen LogP contribution in [0.5, 0.6) is 0 Å². The van der Waals surface area contributed by atoms with E-state index in [0.29, 0.717) is 0 Å². The molecule has 5 nitrogen and oxygen atoms in total. The number of benzene rings is 1. The van der Waals surface area contributed by atoms with E-state index < -0.39 is 23.7 Å². The van der Waals surface area contributed by atoms with Crippen molar-refractivity contribution < 1.29 is 19.1 Å². The van der Waals surface area contributed by atoms with E-state index >= 15 is 0 Å². The summed E-state index contributed by atoms with van der Waals surface area (Å²) in [4.78, 5) is 23.8. The largest absolute Gasteiger partial charge is 0.448 e. The molecular formula is C15H19BrClNO4. The van der Waals surface area contributed by atoms with Crippen molar-refractivity contribution in [2.24, 2.45) is 0 Å². The predicted molar refractivity (Wildman–Crippen MR) is 87.8 cm³/mol. The Morgan fingerprint density at radius 2 is 1.95 bits per heavy atom. The Balaban J connectivity index is 2.83. The van der Waals surface area contributed by atoms with E-state index in [9.17, 15) is 9.59 Å². The van der Waals surface area contributed by atoms with Gasteiger partial charge in [0.25, 0.3) is 0 Å². The highest BCUT2D eigenvalue weighted by Crippen LogP contribution is 2.18. The Kier molecular flexibility index (Phi) is 7.16. The molecule has 0 heterocycles. The van der Waals surface area contributed by atoms with Crippen LogP contribution >= 0.6 is 27.5 Å². The third kappa shape index (κ3) is 6.66. The second kappa shape index (κ2) is 8.39. The Bertz CT molecular complexity index is 531. The first-order valence-electron chi connectivity index (χ1n) is 6.68. The fourth-order valence-electron chi connectivity index (χ4n) is 1.68. The normalized spacial score (nSPS) is 12.4. The van der Waals surface area contributed by atoms with Crippen molar-refractivity contribution in [3.05, 3.63) is 34.3 Å². The molecule has 0 radical (unpaired) electrons. The predicted octanol–water partition coefficient (Wildman–Crippen LogP) is 3.62. The molecule has 7 heteroatoms. The highest BCUT2D eigenvalue weighted by molar-refractivity contribution is 9.10. The van der Waals surface area contributed by atoms with Gasteiger partial charge in [-0.15, -0.1) is 0 Å². The number of rotatable bonds is 5. The van der Waals surface area contributed by atoms with Crippen LogP contribution in [0, 0.1) is 0 Å². The summed E-state index contributed by atoms with van der Waals surface area (Å²) >= 11 is 8.83. The van der Waals surface area contributed by atoms with Gasteiger partial charge in [0.15, 0.2) is 6.07 Å². The van der Waals surface area contributed by atoms with E-state index in [4.69, 9.17) is 21.1 Å². The highest BCUT2D eigenvalue weighted by Gasteiger charge is 2.26. The van der Waals surface area contributed by atoms with Crippen molar-refractivity contribution in [1.82, 2.24) is 5.32 Å². The van der Waals surface area contributed by atoms with Gasteiger partial charge in [0.05, 0.1) is 0 Å². The lowest BCUT2D eigenvalue weighted by atomic mass is 10.1. The number of hydrogen-bond acceptors (Lipinski definition) is 4. The summed E-state index contributed by atoms with van der Waals surface area (Å²) in [6.07, 6.45) is -0.424. The van der Waals surface area contributed by atoms with Gasteiger partial charge in [0.1, 0.15) is 11.6 Å². The van der Waals surface area contributed by atoms with E-state index in [1.54, 1.807) is 20.8 Å². The maximum absolute atomic E-state index is 12.0. The minimum Gasteiger partial charge on any atom is -0.448 e. The van der Waals surface area contributed by atoms with Gasteiger partial charge in [0, 0.05) is 10.9 Å². The third-order valence-electron chi connectivity index (χ3n) is 2.55. The molecule has 22 heavy (non-hydrogen) atoms. The van der Waals surface area contributed by atoms with Crippen molar-refractivity contribution in [2.75, 3.05) is 6.07 Å². The minimum absolute atomic E-state index is 0.260. The second-order valence-corrected chi connectivity index (χ2v) is 6.64. The molecule has 0 aliphatic rings. The second-order valence-electron chi connectivity index (χ2n) is 5.57. The lowest BCUT2D eigenvalue weighted by molar-refractivity contribution is -0.144. The van der Waals surface area contributed by atoms with Crippen LogP contribution in [0.25, 0.3) is 0 Å². The van der Waals surface area contributed by atoms with Crippen LogP contribution in [0.15, 0.2) is 28.7 Å². The maximum atomic E-state index is 12.0. The number of ether oxygens (including phenoxy) is 2. The first kappa shape index (κ1) is 18.8. The number of alkyl halides is 1. The molecule has 1 rings (SSSR count). The molecule has 1 atom stereocenters. The molecule has 0 spiro atoms. The van der Waals surface area contributed by atoms with Crippen molar-refractivity contribution in [2.45, 2.75) is 38.8 Å². The van der Waals surface area contributed by atoms with Crippen molar-refractivity contribution in [3.63, 3.8) is 0 Å². The first-order valence-corrected chi connectivity index (χ1v) is 8.01. The maximum Gasteiger partial charge on any atom is 0.408 e. The fourth-order valence-corrected chi connectivity index (χ4v) is 2.24. The average Bonchev–Trinajstić information content (AvgIpc) is 2.38. The van der Waals surface area contributed by atoms with Crippen LogP contribution in [0.3, 0.4) is 0 Å². The molecular weight excluding hydrogens is 374 g/mol. The van der Waals surface area contributed by atoms with Crippen molar-refractivity contribution in [3.8, 4) is 0 Å². The molecule has 0 saturated heterocycles. The number of halogens is 2. The number of hydrogen-bond donors (Lipinski definition) is 1. The number of alkyl carbamates (subject to hydrolysis) is 1. The van der Waals surface area contributed by atoms with E-state index in [1.807, 2.05) is 24.3 Å². The summed E-state index contributed by atoms with van der Waals surface area (Å²) in [6, 6.07) is 6.25. The third-order valence-corrected chi connectivity index (χ3v) is 3.44. The van der Waals surface area contributed by atoms with Crippen LogP contribution in [-0.4, -0.2) is 29.8 Å². The molecule has 1 amide bonds. The molecule has 0 aliphatic carbocycles. The van der Waals surface area contributed by atoms with Gasteiger partial charge < -0.3 is 14.8 Å². The molecule has 0 fully saturated rings. The number of carbonyl (C=O) groups is 2. The quantitative estimate of drug-likeness (QED) is 0.614. The SMILES string of the molecule is CC(C)(C)OC(=O)N[C@H](Cc1ccccc1Br)C(=O)OCCl. The van der Waals surface area contributed by atoms with Gasteiger partial charge in [-0.2, -0.15) is 0 Å². The number of nitrogens with one attached hydrogen (secondary N) is 1. The number of carbonyl (C=O) groups excluding carboxylic acids is 2. The lowest BCUT2D eigenvalue weighted by Crippen LogP contribution is -2.45. The van der Waals surface area contributed by atoms with E-state index in [0.717, 1.165) is 10.0 Å². The van der Waals surface area contributed by atoms with Gasteiger partial charge in [-0.3, -0.25) is 0 Å². The highest BCUT2D eigenvalue weighted by atomic mass is 79.9. The van der Waals surface area contributed by atoms with Crippen molar-refractivity contribution in [1.29, 1.82) is 0 Å². The molecule has 0 aromatic heterocycles. The zero-order valence-corrected chi connectivity index (χ0v) is 15.0. The summed E-state index contributed by atoms with van der Waals surface area (Å²) in [5.41, 5.74) is 0.202. The topological polar surface area (TPSA) is 64.6 Å². The zero-order chi connectivity index (χ0) is 16.8. The van der Waals surface area contributed by atoms with Crippen LogP contribution in [0.2, 0.25) is 0 Å². The first-order chi connectivity index (χ1) is 10.2. The molecule has 1 aromatic rings. The van der Waals surface area contributed by atoms with Gasteiger partial charge in [0.2, 0.25) is 0 Å². The van der Waals surface area contributed by atoms with Crippen LogP contribution in [-0.2, 0) is 20.7 Å².